The smallest absolute Gasteiger partial charge is 0.270 e. The summed E-state index contributed by atoms with van der Waals surface area (Å²) in [5, 5.41) is 18.3. The van der Waals surface area contributed by atoms with Crippen LogP contribution in [0.2, 0.25) is 0 Å². The Balaban J connectivity index is 1.93. The molecule has 22 heavy (non-hydrogen) atoms. The van der Waals surface area contributed by atoms with Crippen LogP contribution in [0.4, 0.5) is 5.69 Å². The highest BCUT2D eigenvalue weighted by atomic mass is 16.6. The summed E-state index contributed by atoms with van der Waals surface area (Å²) < 4.78 is 5.33. The van der Waals surface area contributed by atoms with Crippen LogP contribution in [0.1, 0.15) is 17.4 Å². The molecule has 1 saturated heterocycles. The van der Waals surface area contributed by atoms with E-state index in [1.165, 1.54) is 12.1 Å². The van der Waals surface area contributed by atoms with Crippen molar-refractivity contribution in [2.45, 2.75) is 13.0 Å². The zero-order valence-electron chi connectivity index (χ0n) is 12.4. The second-order valence-corrected chi connectivity index (χ2v) is 5.41. The number of nitrogens with one attached hydrogen (secondary N) is 1. The van der Waals surface area contributed by atoms with Gasteiger partial charge in [0.25, 0.3) is 11.6 Å². The van der Waals surface area contributed by atoms with E-state index in [9.17, 15) is 10.1 Å². The van der Waals surface area contributed by atoms with Gasteiger partial charge in [-0.05, 0) is 19.5 Å². The van der Waals surface area contributed by atoms with Gasteiger partial charge in [0, 0.05) is 37.3 Å². The predicted octanol–water partition coefficient (Wildman–Crippen LogP) is 1.53. The number of aryl methyl sites for hydroxylation is 1. The van der Waals surface area contributed by atoms with Crippen LogP contribution >= 0.6 is 0 Å². The van der Waals surface area contributed by atoms with E-state index >= 15 is 0 Å². The van der Waals surface area contributed by atoms with Crippen molar-refractivity contribution in [1.82, 2.24) is 20.4 Å². The van der Waals surface area contributed by atoms with Gasteiger partial charge in [0.2, 0.25) is 0 Å². The fourth-order valence-corrected chi connectivity index (χ4v) is 2.53. The van der Waals surface area contributed by atoms with E-state index in [1.807, 2.05) is 14.0 Å². The first-order valence-corrected chi connectivity index (χ1v) is 7.06. The van der Waals surface area contributed by atoms with Gasteiger partial charge in [0.15, 0.2) is 5.82 Å². The van der Waals surface area contributed by atoms with Crippen LogP contribution in [0.25, 0.3) is 11.5 Å². The minimum Gasteiger partial charge on any atom is -0.334 e. The Morgan fingerprint density at radius 2 is 2.32 bits per heavy atom. The average molecular weight is 303 g/mol. The molecule has 0 aliphatic carbocycles. The van der Waals surface area contributed by atoms with Crippen LogP contribution in [0.15, 0.2) is 22.7 Å². The third kappa shape index (κ3) is 2.70. The Kier molecular flexibility index (Phi) is 3.86. The maximum Gasteiger partial charge on any atom is 0.270 e. The van der Waals surface area contributed by atoms with E-state index in [0.717, 1.165) is 25.2 Å². The summed E-state index contributed by atoms with van der Waals surface area (Å²) in [7, 11) is 2.01. The highest BCUT2D eigenvalue weighted by Crippen LogP contribution is 2.28. The number of aromatic nitrogens is 2. The molecule has 0 radical (unpaired) electrons. The van der Waals surface area contributed by atoms with Gasteiger partial charge in [-0.3, -0.25) is 15.0 Å². The molecule has 0 saturated carbocycles. The SMILES string of the molecule is Cc1ccc([N+](=O)[O-])cc1-c1nc(C2CNCCN2C)no1. The number of benzene rings is 1. The number of hydrogen-bond acceptors (Lipinski definition) is 7. The Morgan fingerprint density at radius 3 is 3.05 bits per heavy atom. The molecule has 1 aliphatic rings. The number of non-ortho nitro benzene ring substituents is 1. The average Bonchev–Trinajstić information content (AvgIpc) is 2.97. The van der Waals surface area contributed by atoms with Crippen molar-refractivity contribution in [3.8, 4) is 11.5 Å². The topological polar surface area (TPSA) is 97.3 Å². The van der Waals surface area contributed by atoms with Crippen molar-refractivity contribution in [3.05, 3.63) is 39.7 Å². The molecule has 8 heteroatoms. The van der Waals surface area contributed by atoms with E-state index < -0.39 is 4.92 Å². The minimum absolute atomic E-state index is 0.0109. The van der Waals surface area contributed by atoms with Crippen LogP contribution in [0.3, 0.4) is 0 Å². The Labute approximate surface area is 127 Å². The van der Waals surface area contributed by atoms with E-state index in [2.05, 4.69) is 20.4 Å². The summed E-state index contributed by atoms with van der Waals surface area (Å²) >= 11 is 0. The molecule has 1 aromatic carbocycles. The van der Waals surface area contributed by atoms with Crippen molar-refractivity contribution >= 4 is 5.69 Å². The molecule has 1 aliphatic heterocycles. The van der Waals surface area contributed by atoms with Gasteiger partial charge in [-0.25, -0.2) is 0 Å². The molecule has 1 unspecified atom stereocenters. The largest absolute Gasteiger partial charge is 0.334 e. The standard InChI is InChI=1S/C14H17N5O3/c1-9-3-4-10(19(20)21)7-11(9)14-16-13(17-22-14)12-8-15-5-6-18(12)2/h3-4,7,12,15H,5-6,8H2,1-2H3. The van der Waals surface area contributed by atoms with Gasteiger partial charge in [-0.2, -0.15) is 4.98 Å². The first kappa shape index (κ1) is 14.6. The monoisotopic (exact) mass is 303 g/mol. The lowest BCUT2D eigenvalue weighted by molar-refractivity contribution is -0.384. The molecular formula is C14H17N5O3. The van der Waals surface area contributed by atoms with Gasteiger partial charge in [-0.1, -0.05) is 11.2 Å². The van der Waals surface area contributed by atoms with Crippen molar-refractivity contribution < 1.29 is 9.45 Å². The number of rotatable bonds is 3. The summed E-state index contributed by atoms with van der Waals surface area (Å²) in [6.45, 7) is 4.45. The zero-order chi connectivity index (χ0) is 15.7. The Hall–Kier alpha value is -2.32. The van der Waals surface area contributed by atoms with Gasteiger partial charge in [0.1, 0.15) is 0 Å². The first-order chi connectivity index (χ1) is 10.6. The number of nitro benzene ring substituents is 1. The van der Waals surface area contributed by atoms with Gasteiger partial charge < -0.3 is 9.84 Å². The molecule has 1 atom stereocenters. The molecule has 0 bridgehead atoms. The summed E-state index contributed by atoms with van der Waals surface area (Å²) in [5.74, 6) is 0.908. The Bertz CT molecular complexity index is 700. The number of hydrogen-bond donors (Lipinski definition) is 1. The van der Waals surface area contributed by atoms with E-state index in [4.69, 9.17) is 4.52 Å². The molecule has 3 rings (SSSR count). The summed E-state index contributed by atoms with van der Waals surface area (Å²) in [5.41, 5.74) is 1.46. The van der Waals surface area contributed by atoms with E-state index in [-0.39, 0.29) is 11.7 Å². The fourth-order valence-electron chi connectivity index (χ4n) is 2.53. The van der Waals surface area contributed by atoms with E-state index in [1.54, 1.807) is 6.07 Å². The quantitative estimate of drug-likeness (QED) is 0.678. The highest BCUT2D eigenvalue weighted by molar-refractivity contribution is 5.62. The Morgan fingerprint density at radius 1 is 1.50 bits per heavy atom. The summed E-state index contributed by atoms with van der Waals surface area (Å²) in [6.07, 6.45) is 0. The molecule has 1 N–H and O–H groups in total. The lowest BCUT2D eigenvalue weighted by Gasteiger charge is -2.30. The van der Waals surface area contributed by atoms with Crippen LogP contribution in [-0.2, 0) is 0 Å². The minimum atomic E-state index is -0.431. The number of piperazine rings is 1. The normalized spacial score (nSPS) is 19.3. The van der Waals surface area contributed by atoms with Crippen molar-refractivity contribution in [2.24, 2.45) is 0 Å². The fraction of sp³-hybridized carbons (Fsp3) is 0.429. The molecule has 2 heterocycles. The molecular weight excluding hydrogens is 286 g/mol. The summed E-state index contributed by atoms with van der Waals surface area (Å²) in [4.78, 5) is 17.1. The highest BCUT2D eigenvalue weighted by Gasteiger charge is 2.26. The number of likely N-dealkylation sites (N-methyl/N-ethyl adjacent to an activating group) is 1. The zero-order valence-corrected chi connectivity index (χ0v) is 12.4. The third-order valence-electron chi connectivity index (χ3n) is 3.91. The first-order valence-electron chi connectivity index (χ1n) is 7.06. The van der Waals surface area contributed by atoms with Gasteiger partial charge in [0.05, 0.1) is 11.0 Å². The second kappa shape index (κ2) is 5.82. The molecule has 0 spiro atoms. The molecule has 1 fully saturated rings. The lowest BCUT2D eigenvalue weighted by atomic mass is 10.1. The molecule has 116 valence electrons. The van der Waals surface area contributed by atoms with Crippen LogP contribution in [0.5, 0.6) is 0 Å². The van der Waals surface area contributed by atoms with Crippen molar-refractivity contribution in [2.75, 3.05) is 26.7 Å². The van der Waals surface area contributed by atoms with Crippen molar-refractivity contribution in [3.63, 3.8) is 0 Å². The molecule has 2 aromatic rings. The van der Waals surface area contributed by atoms with Crippen LogP contribution < -0.4 is 5.32 Å². The van der Waals surface area contributed by atoms with Gasteiger partial charge in [-0.15, -0.1) is 0 Å². The maximum atomic E-state index is 10.9. The predicted molar refractivity (Wildman–Crippen MR) is 79.4 cm³/mol. The number of nitrogens with zero attached hydrogens (tertiary/aromatic N) is 4. The van der Waals surface area contributed by atoms with Crippen LogP contribution in [-0.4, -0.2) is 46.6 Å². The van der Waals surface area contributed by atoms with Gasteiger partial charge >= 0.3 is 0 Å². The van der Waals surface area contributed by atoms with Crippen LogP contribution in [0, 0.1) is 17.0 Å². The molecule has 1 aromatic heterocycles. The second-order valence-electron chi connectivity index (χ2n) is 5.41. The molecule has 0 amide bonds. The number of nitro groups is 1. The van der Waals surface area contributed by atoms with Crippen molar-refractivity contribution in [1.29, 1.82) is 0 Å². The molecule has 8 nitrogen and oxygen atoms in total. The maximum absolute atomic E-state index is 10.9. The summed E-state index contributed by atoms with van der Waals surface area (Å²) in [6, 6.07) is 4.67. The van der Waals surface area contributed by atoms with E-state index in [0.29, 0.717) is 17.3 Å². The lowest BCUT2D eigenvalue weighted by Crippen LogP contribution is -2.44. The third-order valence-corrected chi connectivity index (χ3v) is 3.91.